The second-order valence-corrected chi connectivity index (χ2v) is 4.00. The number of nitrogens with one attached hydrogen (secondary N) is 1. The highest BCUT2D eigenvalue weighted by molar-refractivity contribution is 5.29. The van der Waals surface area contributed by atoms with E-state index in [-0.39, 0.29) is 12.1 Å². The minimum absolute atomic E-state index is 0.0632. The monoisotopic (exact) mass is 211 g/mol. The quantitative estimate of drug-likeness (QED) is 0.792. The summed E-state index contributed by atoms with van der Waals surface area (Å²) in [6.45, 7) is 0.0632. The Morgan fingerprint density at radius 2 is 1.93 bits per heavy atom. The third-order valence-electron chi connectivity index (χ3n) is 2.86. The zero-order valence-electron chi connectivity index (χ0n) is 8.41. The largest absolute Gasteiger partial charge is 0.394 e. The SMILES string of the molecule is OCC1(Nc2ncc(F)cn2)CCCC1. The van der Waals surface area contributed by atoms with Crippen molar-refractivity contribution < 1.29 is 9.50 Å². The van der Waals surface area contributed by atoms with Gasteiger partial charge in [-0.15, -0.1) is 0 Å². The Labute approximate surface area is 87.6 Å². The van der Waals surface area contributed by atoms with Crippen LogP contribution in [0.2, 0.25) is 0 Å². The third kappa shape index (κ3) is 2.23. The average Bonchev–Trinajstić information content (AvgIpc) is 2.71. The Morgan fingerprint density at radius 3 is 2.47 bits per heavy atom. The van der Waals surface area contributed by atoms with Crippen molar-refractivity contribution in [2.45, 2.75) is 31.2 Å². The van der Waals surface area contributed by atoms with Gasteiger partial charge in [-0.05, 0) is 12.8 Å². The summed E-state index contributed by atoms with van der Waals surface area (Å²) in [5.41, 5.74) is -0.308. The standard InChI is InChI=1S/C10H14FN3O/c11-8-5-12-9(13-6-8)14-10(7-15)3-1-2-4-10/h5-6,15H,1-4,7H2,(H,12,13,14). The van der Waals surface area contributed by atoms with Gasteiger partial charge in [0.1, 0.15) is 0 Å². The molecule has 1 saturated carbocycles. The molecule has 0 radical (unpaired) electrons. The van der Waals surface area contributed by atoms with Crippen LogP contribution in [0.15, 0.2) is 12.4 Å². The molecule has 2 rings (SSSR count). The second kappa shape index (κ2) is 4.10. The lowest BCUT2D eigenvalue weighted by atomic mass is 9.99. The fourth-order valence-corrected chi connectivity index (χ4v) is 1.99. The average molecular weight is 211 g/mol. The number of aromatic nitrogens is 2. The molecule has 0 amide bonds. The first-order valence-corrected chi connectivity index (χ1v) is 5.11. The van der Waals surface area contributed by atoms with Gasteiger partial charge in [-0.2, -0.15) is 0 Å². The Hall–Kier alpha value is -1.23. The number of halogens is 1. The van der Waals surface area contributed by atoms with E-state index >= 15 is 0 Å². The van der Waals surface area contributed by atoms with Gasteiger partial charge < -0.3 is 10.4 Å². The lowest BCUT2D eigenvalue weighted by molar-refractivity contribution is 0.213. The lowest BCUT2D eigenvalue weighted by Crippen LogP contribution is -2.39. The summed E-state index contributed by atoms with van der Waals surface area (Å²) in [4.78, 5) is 7.65. The molecule has 0 atom stereocenters. The van der Waals surface area contributed by atoms with E-state index in [1.807, 2.05) is 0 Å². The highest BCUT2D eigenvalue weighted by atomic mass is 19.1. The van der Waals surface area contributed by atoms with E-state index in [0.717, 1.165) is 38.1 Å². The molecule has 0 unspecified atom stereocenters. The Kier molecular flexibility index (Phi) is 2.81. The first-order valence-electron chi connectivity index (χ1n) is 5.11. The minimum atomic E-state index is -0.454. The van der Waals surface area contributed by atoms with Crippen molar-refractivity contribution in [2.75, 3.05) is 11.9 Å². The molecule has 1 fully saturated rings. The molecule has 82 valence electrons. The highest BCUT2D eigenvalue weighted by Gasteiger charge is 2.33. The van der Waals surface area contributed by atoms with E-state index in [4.69, 9.17) is 0 Å². The van der Waals surface area contributed by atoms with Crippen molar-refractivity contribution in [3.8, 4) is 0 Å². The molecule has 0 bridgehead atoms. The van der Waals surface area contributed by atoms with Crippen LogP contribution in [0.1, 0.15) is 25.7 Å². The van der Waals surface area contributed by atoms with Gasteiger partial charge >= 0.3 is 0 Å². The highest BCUT2D eigenvalue weighted by Crippen LogP contribution is 2.31. The van der Waals surface area contributed by atoms with Gasteiger partial charge in [-0.25, -0.2) is 14.4 Å². The topological polar surface area (TPSA) is 58.0 Å². The van der Waals surface area contributed by atoms with Crippen LogP contribution in [0, 0.1) is 5.82 Å². The molecule has 1 aliphatic rings. The van der Waals surface area contributed by atoms with Gasteiger partial charge in [0.05, 0.1) is 24.5 Å². The van der Waals surface area contributed by atoms with Gasteiger partial charge in [0.25, 0.3) is 0 Å². The van der Waals surface area contributed by atoms with Crippen LogP contribution in [-0.4, -0.2) is 27.2 Å². The number of nitrogens with zero attached hydrogens (tertiary/aromatic N) is 2. The molecule has 1 aromatic rings. The van der Waals surface area contributed by atoms with Crippen LogP contribution >= 0.6 is 0 Å². The van der Waals surface area contributed by atoms with Gasteiger partial charge in [0.2, 0.25) is 5.95 Å². The van der Waals surface area contributed by atoms with Crippen LogP contribution in [0.4, 0.5) is 10.3 Å². The summed E-state index contributed by atoms with van der Waals surface area (Å²) < 4.78 is 12.6. The molecule has 5 heteroatoms. The zero-order chi connectivity index (χ0) is 10.7. The molecule has 0 aliphatic heterocycles. The van der Waals surface area contributed by atoms with E-state index in [1.54, 1.807) is 0 Å². The second-order valence-electron chi connectivity index (χ2n) is 4.00. The molecule has 0 spiro atoms. The number of aliphatic hydroxyl groups excluding tert-OH is 1. The van der Waals surface area contributed by atoms with Crippen molar-refractivity contribution in [1.82, 2.24) is 9.97 Å². The summed E-state index contributed by atoms with van der Waals surface area (Å²) in [6.07, 6.45) is 6.24. The van der Waals surface area contributed by atoms with Gasteiger partial charge in [-0.1, -0.05) is 12.8 Å². The smallest absolute Gasteiger partial charge is 0.223 e. The lowest BCUT2D eigenvalue weighted by Gasteiger charge is -2.27. The summed E-state index contributed by atoms with van der Waals surface area (Å²) in [5.74, 6) is -0.0719. The Morgan fingerprint density at radius 1 is 1.33 bits per heavy atom. The van der Waals surface area contributed by atoms with E-state index in [9.17, 15) is 9.50 Å². The molecule has 0 aromatic carbocycles. The van der Waals surface area contributed by atoms with Crippen molar-refractivity contribution in [2.24, 2.45) is 0 Å². The Balaban J connectivity index is 2.09. The van der Waals surface area contributed by atoms with Crippen molar-refractivity contribution in [3.63, 3.8) is 0 Å². The molecule has 2 N–H and O–H groups in total. The van der Waals surface area contributed by atoms with E-state index in [2.05, 4.69) is 15.3 Å². The van der Waals surface area contributed by atoms with Gasteiger partial charge in [0.15, 0.2) is 5.82 Å². The number of rotatable bonds is 3. The van der Waals surface area contributed by atoms with Crippen LogP contribution < -0.4 is 5.32 Å². The number of hydrogen-bond donors (Lipinski definition) is 2. The predicted octanol–water partition coefficient (Wildman–Crippen LogP) is 1.33. The summed E-state index contributed by atoms with van der Waals surface area (Å²) in [5, 5.41) is 12.4. The zero-order valence-corrected chi connectivity index (χ0v) is 8.41. The van der Waals surface area contributed by atoms with Gasteiger partial charge in [-0.3, -0.25) is 0 Å². The number of aliphatic hydroxyl groups is 1. The van der Waals surface area contributed by atoms with Crippen LogP contribution in [-0.2, 0) is 0 Å². The summed E-state index contributed by atoms with van der Waals surface area (Å²) in [6, 6.07) is 0. The fourth-order valence-electron chi connectivity index (χ4n) is 1.99. The third-order valence-corrected chi connectivity index (χ3v) is 2.86. The Bertz CT molecular complexity index is 322. The predicted molar refractivity (Wildman–Crippen MR) is 53.9 cm³/mol. The maximum absolute atomic E-state index is 12.6. The van der Waals surface area contributed by atoms with Crippen LogP contribution in [0.3, 0.4) is 0 Å². The van der Waals surface area contributed by atoms with Crippen LogP contribution in [0.5, 0.6) is 0 Å². The van der Waals surface area contributed by atoms with Crippen molar-refractivity contribution in [1.29, 1.82) is 0 Å². The van der Waals surface area contributed by atoms with Crippen LogP contribution in [0.25, 0.3) is 0 Å². The molecular formula is C10H14FN3O. The molecular weight excluding hydrogens is 197 g/mol. The molecule has 4 nitrogen and oxygen atoms in total. The molecule has 15 heavy (non-hydrogen) atoms. The normalized spacial score (nSPS) is 19.1. The van der Waals surface area contributed by atoms with E-state index < -0.39 is 5.82 Å². The minimum Gasteiger partial charge on any atom is -0.394 e. The van der Waals surface area contributed by atoms with E-state index in [1.165, 1.54) is 0 Å². The number of hydrogen-bond acceptors (Lipinski definition) is 4. The maximum atomic E-state index is 12.6. The molecule has 1 aromatic heterocycles. The maximum Gasteiger partial charge on any atom is 0.223 e. The first kappa shape index (κ1) is 10.3. The molecule has 1 heterocycles. The number of anilines is 1. The molecule has 0 saturated heterocycles. The van der Waals surface area contributed by atoms with Gasteiger partial charge in [0, 0.05) is 0 Å². The summed E-state index contributed by atoms with van der Waals surface area (Å²) in [7, 11) is 0. The van der Waals surface area contributed by atoms with Crippen molar-refractivity contribution >= 4 is 5.95 Å². The van der Waals surface area contributed by atoms with Crippen molar-refractivity contribution in [3.05, 3.63) is 18.2 Å². The molecule has 1 aliphatic carbocycles. The van der Waals surface area contributed by atoms with E-state index in [0.29, 0.717) is 5.95 Å². The first-order chi connectivity index (χ1) is 7.24. The fraction of sp³-hybridized carbons (Fsp3) is 0.600. The summed E-state index contributed by atoms with van der Waals surface area (Å²) >= 11 is 0.